The van der Waals surface area contributed by atoms with Crippen LogP contribution in [0.15, 0.2) is 6.07 Å². The fourth-order valence-corrected chi connectivity index (χ4v) is 4.30. The van der Waals surface area contributed by atoms with Crippen molar-refractivity contribution in [2.75, 3.05) is 12.8 Å². The van der Waals surface area contributed by atoms with Gasteiger partial charge < -0.3 is 5.32 Å². The maximum absolute atomic E-state index is 4.54. The van der Waals surface area contributed by atoms with Crippen LogP contribution in [-0.2, 0) is 13.0 Å². The fraction of sp³-hybridized carbons (Fsp3) is 0.800. The van der Waals surface area contributed by atoms with E-state index < -0.39 is 0 Å². The molecule has 0 aliphatic heterocycles. The lowest BCUT2D eigenvalue weighted by Crippen LogP contribution is -2.31. The topological polar surface area (TPSA) is 29.9 Å². The van der Waals surface area contributed by atoms with Gasteiger partial charge in [-0.1, -0.05) is 12.8 Å². The molecule has 0 radical (unpaired) electrons. The van der Waals surface area contributed by atoms with Crippen LogP contribution in [0.2, 0.25) is 0 Å². The van der Waals surface area contributed by atoms with E-state index in [0.29, 0.717) is 6.04 Å². The highest BCUT2D eigenvalue weighted by Gasteiger charge is 2.18. The summed E-state index contributed by atoms with van der Waals surface area (Å²) in [5.41, 5.74) is 2.50. The molecule has 1 aromatic rings. The highest BCUT2D eigenvalue weighted by atomic mass is 32.2. The molecule has 0 amide bonds. The van der Waals surface area contributed by atoms with Gasteiger partial charge in [0.2, 0.25) is 0 Å². The molecule has 1 aliphatic carbocycles. The second kappa shape index (κ2) is 7.34. The van der Waals surface area contributed by atoms with Crippen LogP contribution in [0.5, 0.6) is 0 Å². The molecule has 19 heavy (non-hydrogen) atoms. The Morgan fingerprint density at radius 3 is 2.84 bits per heavy atom. The van der Waals surface area contributed by atoms with Gasteiger partial charge in [0.15, 0.2) is 0 Å². The number of nitrogens with zero attached hydrogens (tertiary/aromatic N) is 2. The highest BCUT2D eigenvalue weighted by molar-refractivity contribution is 7.99. The Morgan fingerprint density at radius 1 is 1.47 bits per heavy atom. The Labute approximate surface area is 121 Å². The molecule has 0 saturated heterocycles. The number of nitrogens with one attached hydrogen (secondary N) is 1. The zero-order valence-electron chi connectivity index (χ0n) is 12.5. The first kappa shape index (κ1) is 14.9. The third-order valence-electron chi connectivity index (χ3n) is 3.98. The van der Waals surface area contributed by atoms with E-state index in [1.165, 1.54) is 37.1 Å². The summed E-state index contributed by atoms with van der Waals surface area (Å²) in [6, 6.07) is 2.79. The monoisotopic (exact) mass is 281 g/mol. The summed E-state index contributed by atoms with van der Waals surface area (Å²) in [7, 11) is 2.08. The van der Waals surface area contributed by atoms with E-state index in [4.69, 9.17) is 0 Å². The van der Waals surface area contributed by atoms with E-state index in [1.54, 1.807) is 0 Å². The minimum absolute atomic E-state index is 0.562. The van der Waals surface area contributed by atoms with Crippen LogP contribution >= 0.6 is 11.8 Å². The van der Waals surface area contributed by atoms with Crippen molar-refractivity contribution in [3.8, 4) is 0 Å². The van der Waals surface area contributed by atoms with Crippen molar-refractivity contribution in [1.29, 1.82) is 0 Å². The van der Waals surface area contributed by atoms with Crippen LogP contribution in [0.4, 0.5) is 0 Å². The molecule has 2 rings (SSSR count). The summed E-state index contributed by atoms with van der Waals surface area (Å²) in [5, 5.41) is 8.92. The molecular formula is C15H27N3S. The van der Waals surface area contributed by atoms with Gasteiger partial charge in [-0.25, -0.2) is 0 Å². The fourth-order valence-electron chi connectivity index (χ4n) is 2.84. The predicted octanol–water partition coefficient (Wildman–Crippen LogP) is 3.02. The van der Waals surface area contributed by atoms with Crippen molar-refractivity contribution >= 4 is 11.8 Å². The molecular weight excluding hydrogens is 254 g/mol. The summed E-state index contributed by atoms with van der Waals surface area (Å²) < 4.78 is 2.14. The minimum atomic E-state index is 0.562. The van der Waals surface area contributed by atoms with Gasteiger partial charge in [0.25, 0.3) is 0 Å². The Kier molecular flexibility index (Phi) is 5.76. The van der Waals surface area contributed by atoms with Crippen molar-refractivity contribution < 1.29 is 0 Å². The molecule has 108 valence electrons. The molecule has 1 N–H and O–H groups in total. The average molecular weight is 281 g/mol. The quantitative estimate of drug-likeness (QED) is 0.833. The highest BCUT2D eigenvalue weighted by Crippen LogP contribution is 2.30. The first-order valence-corrected chi connectivity index (χ1v) is 8.60. The molecule has 0 bridgehead atoms. The molecule has 0 aromatic carbocycles. The molecule has 0 spiro atoms. The van der Waals surface area contributed by atoms with E-state index in [0.717, 1.165) is 23.9 Å². The van der Waals surface area contributed by atoms with Gasteiger partial charge in [0.1, 0.15) is 0 Å². The number of thioether (sulfide) groups is 1. The number of rotatable bonds is 7. The summed E-state index contributed by atoms with van der Waals surface area (Å²) in [5.74, 6) is 1.22. The number of aryl methyl sites for hydroxylation is 2. The third-order valence-corrected chi connectivity index (χ3v) is 5.52. The van der Waals surface area contributed by atoms with E-state index in [2.05, 4.69) is 53.8 Å². The van der Waals surface area contributed by atoms with Gasteiger partial charge in [-0.3, -0.25) is 4.68 Å². The van der Waals surface area contributed by atoms with Gasteiger partial charge in [-0.2, -0.15) is 16.9 Å². The summed E-state index contributed by atoms with van der Waals surface area (Å²) in [6.07, 6.45) is 6.80. The van der Waals surface area contributed by atoms with Crippen LogP contribution in [0.25, 0.3) is 0 Å². The van der Waals surface area contributed by atoms with E-state index in [1.807, 2.05) is 0 Å². The molecule has 1 unspecified atom stereocenters. The maximum Gasteiger partial charge on any atom is 0.0596 e. The maximum atomic E-state index is 4.54. The smallest absolute Gasteiger partial charge is 0.0596 e. The van der Waals surface area contributed by atoms with Crippen molar-refractivity contribution in [3.63, 3.8) is 0 Å². The summed E-state index contributed by atoms with van der Waals surface area (Å²) >= 11 is 2.16. The Balaban J connectivity index is 1.86. The molecule has 1 heterocycles. The average Bonchev–Trinajstić information content (AvgIpc) is 3.03. The van der Waals surface area contributed by atoms with Crippen LogP contribution in [0.1, 0.15) is 44.0 Å². The Morgan fingerprint density at radius 2 is 2.21 bits per heavy atom. The van der Waals surface area contributed by atoms with E-state index in [-0.39, 0.29) is 0 Å². The first-order valence-electron chi connectivity index (χ1n) is 7.55. The number of hydrogen-bond donors (Lipinski definition) is 1. The van der Waals surface area contributed by atoms with Crippen molar-refractivity contribution in [2.45, 2.75) is 63.8 Å². The SMILES string of the molecule is CCn1nc(C)cc1CC(CSC1CCCC1)NC. The van der Waals surface area contributed by atoms with Crippen LogP contribution in [-0.4, -0.2) is 33.9 Å². The third kappa shape index (κ3) is 4.25. The van der Waals surface area contributed by atoms with Crippen molar-refractivity contribution in [3.05, 3.63) is 17.5 Å². The second-order valence-corrected chi connectivity index (χ2v) is 6.86. The summed E-state index contributed by atoms with van der Waals surface area (Å²) in [4.78, 5) is 0. The van der Waals surface area contributed by atoms with Gasteiger partial charge in [0.05, 0.1) is 5.69 Å². The molecule has 1 atom stereocenters. The normalized spacial score (nSPS) is 18.1. The lowest BCUT2D eigenvalue weighted by molar-refractivity contribution is 0.555. The number of hydrogen-bond acceptors (Lipinski definition) is 3. The summed E-state index contributed by atoms with van der Waals surface area (Å²) in [6.45, 7) is 5.21. The van der Waals surface area contributed by atoms with E-state index >= 15 is 0 Å². The van der Waals surface area contributed by atoms with Gasteiger partial charge >= 0.3 is 0 Å². The van der Waals surface area contributed by atoms with Gasteiger partial charge in [-0.15, -0.1) is 0 Å². The number of aromatic nitrogens is 2. The van der Waals surface area contributed by atoms with Gasteiger partial charge in [0, 0.05) is 35.7 Å². The molecule has 3 nitrogen and oxygen atoms in total. The first-order chi connectivity index (χ1) is 9.22. The largest absolute Gasteiger partial charge is 0.316 e. The zero-order valence-corrected chi connectivity index (χ0v) is 13.3. The van der Waals surface area contributed by atoms with Gasteiger partial charge in [-0.05, 0) is 39.8 Å². The molecule has 4 heteroatoms. The van der Waals surface area contributed by atoms with E-state index in [9.17, 15) is 0 Å². The molecule has 1 fully saturated rings. The standard InChI is InChI=1S/C15H27N3S/c1-4-18-14(9-12(2)17-18)10-13(16-3)11-19-15-7-5-6-8-15/h9,13,15-16H,4-8,10-11H2,1-3H3. The van der Waals surface area contributed by atoms with Crippen LogP contribution in [0.3, 0.4) is 0 Å². The zero-order chi connectivity index (χ0) is 13.7. The van der Waals surface area contributed by atoms with Crippen molar-refractivity contribution in [1.82, 2.24) is 15.1 Å². The molecule has 1 aromatic heterocycles. The molecule has 1 saturated carbocycles. The second-order valence-electron chi connectivity index (χ2n) is 5.52. The minimum Gasteiger partial charge on any atom is -0.316 e. The molecule has 1 aliphatic rings. The predicted molar refractivity (Wildman–Crippen MR) is 83.9 cm³/mol. The Bertz CT molecular complexity index is 383. The van der Waals surface area contributed by atoms with Crippen LogP contribution in [0, 0.1) is 6.92 Å². The Hall–Kier alpha value is -0.480. The van der Waals surface area contributed by atoms with Crippen LogP contribution < -0.4 is 5.32 Å². The lowest BCUT2D eigenvalue weighted by Gasteiger charge is -2.18. The number of likely N-dealkylation sites (N-methyl/N-ethyl adjacent to an activating group) is 1. The van der Waals surface area contributed by atoms with Crippen molar-refractivity contribution in [2.24, 2.45) is 0 Å². The lowest BCUT2D eigenvalue weighted by atomic mass is 10.2.